The number of carbonyl (C=O) groups is 4. The van der Waals surface area contributed by atoms with Gasteiger partial charge in [0.25, 0.3) is 0 Å². The monoisotopic (exact) mass is 908 g/mol. The van der Waals surface area contributed by atoms with Gasteiger partial charge in [-0.15, -0.1) is 0 Å². The second-order valence-corrected chi connectivity index (χ2v) is 18.1. The van der Waals surface area contributed by atoms with Crippen molar-refractivity contribution in [2.45, 2.75) is 77.0 Å². The Morgan fingerprint density at radius 2 is 0.426 bits per heavy atom. The van der Waals surface area contributed by atoms with E-state index in [0.717, 1.165) is 67.8 Å². The number of hydrogen-bond acceptors (Lipinski definition) is 8. The van der Waals surface area contributed by atoms with E-state index in [0.29, 0.717) is 23.0 Å². The van der Waals surface area contributed by atoms with Crippen LogP contribution >= 0.6 is 0 Å². The molecule has 68 heavy (non-hydrogen) atoms. The summed E-state index contributed by atoms with van der Waals surface area (Å²) in [5.41, 5.74) is 7.45. The average Bonchev–Trinajstić information content (AvgIpc) is 4.16. The number of hydrogen-bond donors (Lipinski definition) is 4. The zero-order valence-corrected chi connectivity index (χ0v) is 39.1. The Balaban J connectivity index is 1.32. The molecular weight excluding hydrogens is 857 g/mol. The number of aromatic amines is 4. The fraction of sp³-hybridized carbons (Fsp3) is 0.214. The molecular formula is C56H52N4O8. The molecule has 0 aliphatic carbocycles. The van der Waals surface area contributed by atoms with E-state index in [-0.39, 0.29) is 0 Å². The van der Waals surface area contributed by atoms with Crippen LogP contribution < -0.4 is 18.9 Å². The zero-order valence-electron chi connectivity index (χ0n) is 39.1. The Bertz CT molecular complexity index is 2680. The minimum absolute atomic E-state index is 0.408. The van der Waals surface area contributed by atoms with Gasteiger partial charge in [-0.25, -0.2) is 0 Å². The van der Waals surface area contributed by atoms with Gasteiger partial charge < -0.3 is 38.9 Å². The van der Waals surface area contributed by atoms with Gasteiger partial charge in [-0.3, -0.25) is 19.2 Å². The van der Waals surface area contributed by atoms with Gasteiger partial charge in [0.05, 0.1) is 21.7 Å². The third-order valence-electron chi connectivity index (χ3n) is 13.8. The van der Waals surface area contributed by atoms with Crippen LogP contribution in [0, 0.1) is 0 Å². The van der Waals surface area contributed by atoms with E-state index < -0.39 is 45.5 Å². The summed E-state index contributed by atoms with van der Waals surface area (Å²) in [6, 6.07) is 47.2. The molecule has 12 nitrogen and oxygen atoms in total. The maximum Gasteiger partial charge on any atom is 0.308 e. The fourth-order valence-electron chi connectivity index (χ4n) is 9.83. The lowest BCUT2D eigenvalue weighted by molar-refractivity contribution is -0.132. The van der Waals surface area contributed by atoms with E-state index >= 15 is 0 Å². The van der Waals surface area contributed by atoms with Crippen molar-refractivity contribution >= 4 is 23.9 Å². The zero-order chi connectivity index (χ0) is 48.2. The number of fused-ring (bicyclic) bond motifs is 8. The van der Waals surface area contributed by atoms with Crippen LogP contribution in [-0.2, 0) is 40.8 Å². The van der Waals surface area contributed by atoms with E-state index in [1.54, 1.807) is 48.5 Å². The van der Waals surface area contributed by atoms with E-state index in [2.05, 4.69) is 96.2 Å². The average molecular weight is 909 g/mol. The molecule has 0 radical (unpaired) electrons. The maximum absolute atomic E-state index is 12.0. The molecule has 1 aliphatic rings. The highest BCUT2D eigenvalue weighted by Gasteiger charge is 2.44. The fourth-order valence-corrected chi connectivity index (χ4v) is 9.83. The minimum atomic E-state index is -0.832. The summed E-state index contributed by atoms with van der Waals surface area (Å²) >= 11 is 0. The quantitative estimate of drug-likeness (QED) is 0.0863. The number of nitrogens with one attached hydrogen (secondary N) is 4. The van der Waals surface area contributed by atoms with Crippen molar-refractivity contribution in [3.05, 3.63) is 213 Å². The van der Waals surface area contributed by atoms with Crippen molar-refractivity contribution in [1.29, 1.82) is 0 Å². The summed E-state index contributed by atoms with van der Waals surface area (Å²) in [5.74, 6) is 0.107. The van der Waals surface area contributed by atoms with Crippen molar-refractivity contribution in [2.75, 3.05) is 0 Å². The molecule has 9 rings (SSSR count). The van der Waals surface area contributed by atoms with Crippen LogP contribution in [0.1, 0.15) is 123 Å². The van der Waals surface area contributed by atoms with Gasteiger partial charge in [-0.05, 0) is 147 Å². The standard InChI is InChI=1S/C56H52N4O8/c1-33(61)65-41-17-9-37(10-18-41)53(5)45-25-27-47(57-45)54(6,38-11-19-42(20-12-38)66-34(2)62)49-29-31-51(59-49)56(8,40-15-23-44(24-16-40)68-36(4)64)52-32-30-50(60-52)55(7,48-28-26-46(53)58-48)39-13-21-43(22-14-39)67-35(3)63/h9-32,57-60H,1-8H3. The lowest BCUT2D eigenvalue weighted by atomic mass is 9.76. The number of benzene rings is 4. The molecule has 0 amide bonds. The van der Waals surface area contributed by atoms with Crippen LogP contribution in [0.3, 0.4) is 0 Å². The van der Waals surface area contributed by atoms with Crippen molar-refractivity contribution in [3.8, 4) is 23.0 Å². The summed E-state index contributed by atoms with van der Waals surface area (Å²) in [7, 11) is 0. The Morgan fingerprint density at radius 3 is 0.559 bits per heavy atom. The first-order chi connectivity index (χ1) is 32.4. The molecule has 4 aromatic carbocycles. The second kappa shape index (κ2) is 16.9. The van der Waals surface area contributed by atoms with Gasteiger partial charge >= 0.3 is 23.9 Å². The van der Waals surface area contributed by atoms with Crippen LogP contribution in [0.4, 0.5) is 0 Å². The van der Waals surface area contributed by atoms with Crippen LogP contribution in [0.2, 0.25) is 0 Å². The van der Waals surface area contributed by atoms with Gasteiger partial charge in [-0.2, -0.15) is 0 Å². The highest BCUT2D eigenvalue weighted by atomic mass is 16.5. The van der Waals surface area contributed by atoms with Crippen LogP contribution in [-0.4, -0.2) is 43.8 Å². The molecule has 8 bridgehead atoms. The number of H-pyrrole nitrogens is 4. The summed E-state index contributed by atoms with van der Waals surface area (Å²) in [4.78, 5) is 63.5. The molecule has 0 fully saturated rings. The Morgan fingerprint density at radius 1 is 0.279 bits per heavy atom. The minimum Gasteiger partial charge on any atom is -0.427 e. The normalized spacial score (nSPS) is 20.8. The van der Waals surface area contributed by atoms with Gasteiger partial charge in [0.2, 0.25) is 0 Å². The summed E-state index contributed by atoms with van der Waals surface area (Å²) < 4.78 is 21.9. The maximum atomic E-state index is 12.0. The topological polar surface area (TPSA) is 168 Å². The Hall–Kier alpha value is -8.12. The molecule has 0 spiro atoms. The smallest absolute Gasteiger partial charge is 0.308 e. The molecule has 0 saturated carbocycles. The number of ether oxygens (including phenoxy) is 4. The highest BCUT2D eigenvalue weighted by Crippen LogP contribution is 2.48. The largest absolute Gasteiger partial charge is 0.427 e. The number of esters is 4. The van der Waals surface area contributed by atoms with E-state index in [1.165, 1.54) is 27.7 Å². The van der Waals surface area contributed by atoms with Crippen LogP contribution in [0.15, 0.2) is 146 Å². The van der Waals surface area contributed by atoms with Crippen molar-refractivity contribution < 1.29 is 38.1 Å². The van der Waals surface area contributed by atoms with Gasteiger partial charge in [0.1, 0.15) is 23.0 Å². The van der Waals surface area contributed by atoms with E-state index in [4.69, 9.17) is 18.9 Å². The first-order valence-corrected chi connectivity index (χ1v) is 22.4. The SMILES string of the molecule is CC(=O)Oc1ccc(C2(C)c3ccc([nH]3)C(C)(c3ccc(OC(C)=O)cc3)c3ccc([nH]3)C(C)(c3ccc(OC(C)=O)cc3)c3ccc([nH]3)C(C)(c3ccc(OC(C)=O)cc3)c3ccc2[nH]3)cc1. The molecule has 0 saturated heterocycles. The molecule has 4 N–H and O–H groups in total. The van der Waals surface area contributed by atoms with Crippen LogP contribution in [0.25, 0.3) is 0 Å². The number of carbonyl (C=O) groups excluding carboxylic acids is 4. The molecule has 344 valence electrons. The van der Waals surface area contributed by atoms with Gasteiger partial charge in [0, 0.05) is 73.2 Å². The van der Waals surface area contributed by atoms with Crippen molar-refractivity contribution in [2.24, 2.45) is 0 Å². The molecule has 4 aromatic heterocycles. The Labute approximate surface area is 394 Å². The molecule has 8 aromatic rings. The third kappa shape index (κ3) is 7.71. The van der Waals surface area contributed by atoms with Crippen LogP contribution in [0.5, 0.6) is 23.0 Å². The van der Waals surface area contributed by atoms with E-state index in [1.807, 2.05) is 48.5 Å². The lowest BCUT2D eigenvalue weighted by Crippen LogP contribution is -2.32. The van der Waals surface area contributed by atoms with E-state index in [9.17, 15) is 19.2 Å². The molecule has 0 atom stereocenters. The summed E-state index contributed by atoms with van der Waals surface area (Å²) in [6.45, 7) is 14.2. The van der Waals surface area contributed by atoms with Crippen molar-refractivity contribution in [3.63, 3.8) is 0 Å². The molecule has 12 heteroatoms. The Kier molecular flexibility index (Phi) is 11.2. The lowest BCUT2D eigenvalue weighted by Gasteiger charge is -2.34. The first kappa shape index (κ1) is 45.1. The number of aromatic nitrogens is 4. The highest BCUT2D eigenvalue weighted by molar-refractivity contribution is 5.71. The summed E-state index contributed by atoms with van der Waals surface area (Å²) in [5, 5.41) is 0. The third-order valence-corrected chi connectivity index (χ3v) is 13.8. The predicted molar refractivity (Wildman–Crippen MR) is 256 cm³/mol. The second-order valence-electron chi connectivity index (χ2n) is 18.1. The first-order valence-electron chi connectivity index (χ1n) is 22.4. The van der Waals surface area contributed by atoms with Crippen molar-refractivity contribution in [1.82, 2.24) is 19.9 Å². The van der Waals surface area contributed by atoms with Gasteiger partial charge in [-0.1, -0.05) is 48.5 Å². The molecule has 1 aliphatic heterocycles. The molecule has 0 unspecified atom stereocenters. The molecule has 5 heterocycles. The predicted octanol–water partition coefficient (Wildman–Crippen LogP) is 10.4. The van der Waals surface area contributed by atoms with Gasteiger partial charge in [0.15, 0.2) is 0 Å². The summed E-state index contributed by atoms with van der Waals surface area (Å²) in [6.07, 6.45) is 0. The number of rotatable bonds is 8.